The number of Topliss-reactive ketones (excluding diaryl/α,β-unsaturated/α-hetero) is 1. The van der Waals surface area contributed by atoms with Crippen LogP contribution >= 0.6 is 21.6 Å². The maximum atomic E-state index is 16.3. The second-order valence-corrected chi connectivity index (χ2v) is 33.5. The van der Waals surface area contributed by atoms with Crippen molar-refractivity contribution in [3.05, 3.63) is 119 Å². The highest BCUT2D eigenvalue weighted by Crippen LogP contribution is 2.65. The summed E-state index contributed by atoms with van der Waals surface area (Å²) in [7, 11) is 0.813. The molecule has 4 fully saturated rings. The molecule has 2 aliphatic heterocycles. The van der Waals surface area contributed by atoms with Gasteiger partial charge in [0.2, 0.25) is 6.79 Å². The number of esters is 6. The molecule has 12 atom stereocenters. The summed E-state index contributed by atoms with van der Waals surface area (Å²) in [6.45, 7) is 18.8. The van der Waals surface area contributed by atoms with Crippen molar-refractivity contribution in [2.24, 2.45) is 22.7 Å². The quantitative estimate of drug-likeness (QED) is 0.0170. The topological polar surface area (TPSA) is 243 Å². The Morgan fingerprint density at radius 2 is 1.40 bits per heavy atom. The van der Waals surface area contributed by atoms with Crippen molar-refractivity contribution in [2.45, 2.75) is 198 Å². The van der Waals surface area contributed by atoms with Gasteiger partial charge in [-0.05, 0) is 98.6 Å². The van der Waals surface area contributed by atoms with Crippen LogP contribution in [0.25, 0.3) is 0 Å². The molecule has 3 aliphatic carbocycles. The molecule has 87 heavy (non-hydrogen) atoms. The van der Waals surface area contributed by atoms with Crippen LogP contribution in [0, 0.1) is 22.7 Å². The summed E-state index contributed by atoms with van der Waals surface area (Å²) in [5.74, 6) is -7.03. The van der Waals surface area contributed by atoms with Crippen LogP contribution in [-0.4, -0.2) is 127 Å². The number of hydrogen-bond donors (Lipinski definition) is 2. The molecule has 21 heteroatoms. The third kappa shape index (κ3) is 14.3. The minimum Gasteiger partial charge on any atom is -0.461 e. The Kier molecular flexibility index (Phi) is 21.2. The van der Waals surface area contributed by atoms with Crippen LogP contribution in [-0.2, 0) is 66.4 Å². The SMILES string of the molecule is CC(=O)O[C@@]12COC1C[C@H](OC(=O)CCCC(=O)OCOC(=O)CCCCC1CCSS1)[C@@]1(C)C(=O)[C@H](C)C3=C(C)[C@@H](OC(=O)[C@H](O[Si](C)(C)C(C)(C)C)[C@@H](NC(=O)c4ccccc4)c4ccccc4)C[C@@](O)([C@@H](OC(=O)c4ccccc4)[C@@H]12)C3(C)C. The number of aliphatic hydroxyl groups is 1. The average Bonchev–Trinajstić information content (AvgIpc) is 0.782. The fraction of sp³-hybridized carbons (Fsp3) is 0.576. The molecule has 8 rings (SSSR count). The van der Waals surface area contributed by atoms with Gasteiger partial charge in [0.05, 0.1) is 29.5 Å². The van der Waals surface area contributed by atoms with Crippen LogP contribution < -0.4 is 5.32 Å². The zero-order chi connectivity index (χ0) is 63.3. The molecule has 2 bridgehead atoms. The van der Waals surface area contributed by atoms with Crippen molar-refractivity contribution in [1.82, 2.24) is 5.32 Å². The van der Waals surface area contributed by atoms with Crippen LogP contribution in [0.4, 0.5) is 0 Å². The molecule has 2 heterocycles. The largest absolute Gasteiger partial charge is 0.461 e. The molecule has 18 nitrogen and oxygen atoms in total. The highest BCUT2D eigenvalue weighted by molar-refractivity contribution is 8.77. The summed E-state index contributed by atoms with van der Waals surface area (Å²) in [6, 6.07) is 24.4. The molecule has 2 saturated heterocycles. The number of ether oxygens (including phenoxy) is 7. The average molecular weight is 1260 g/mol. The van der Waals surface area contributed by atoms with E-state index in [1.165, 1.54) is 19.1 Å². The fourth-order valence-electron chi connectivity index (χ4n) is 13.3. The van der Waals surface area contributed by atoms with Crippen molar-refractivity contribution in [3.63, 3.8) is 0 Å². The van der Waals surface area contributed by atoms with Gasteiger partial charge in [0, 0.05) is 66.9 Å². The maximum Gasteiger partial charge on any atom is 0.338 e. The number of nitrogens with one attached hydrogen (secondary N) is 1. The molecular formula is C66H85NO17S2Si. The van der Waals surface area contributed by atoms with E-state index in [0.29, 0.717) is 33.9 Å². The molecule has 3 aromatic rings. The van der Waals surface area contributed by atoms with E-state index >= 15 is 9.59 Å². The first kappa shape index (κ1) is 67.1. The van der Waals surface area contributed by atoms with E-state index in [0.717, 1.165) is 25.0 Å². The predicted octanol–water partition coefficient (Wildman–Crippen LogP) is 10.9. The van der Waals surface area contributed by atoms with Gasteiger partial charge in [0.1, 0.15) is 35.8 Å². The number of amides is 1. The molecule has 0 radical (unpaired) electrons. The van der Waals surface area contributed by atoms with E-state index in [2.05, 4.69) is 5.32 Å². The summed E-state index contributed by atoms with van der Waals surface area (Å²) in [5, 5.41) is 17.6. The lowest BCUT2D eigenvalue weighted by atomic mass is 9.43. The molecule has 2 unspecified atom stereocenters. The lowest BCUT2D eigenvalue weighted by Gasteiger charge is -2.67. The van der Waals surface area contributed by atoms with Crippen LogP contribution in [0.15, 0.2) is 102 Å². The van der Waals surface area contributed by atoms with Gasteiger partial charge >= 0.3 is 35.8 Å². The van der Waals surface area contributed by atoms with Crippen molar-refractivity contribution in [2.75, 3.05) is 19.2 Å². The van der Waals surface area contributed by atoms with Gasteiger partial charge < -0.3 is 48.0 Å². The number of carbonyl (C=O) groups excluding carboxylic acids is 8. The van der Waals surface area contributed by atoms with E-state index in [1.807, 2.05) is 61.5 Å². The van der Waals surface area contributed by atoms with Crippen LogP contribution in [0.1, 0.15) is 159 Å². The minimum atomic E-state index is -2.94. The number of ketones is 1. The zero-order valence-corrected chi connectivity index (χ0v) is 54.5. The first-order valence-electron chi connectivity index (χ1n) is 30.2. The summed E-state index contributed by atoms with van der Waals surface area (Å²) in [6.07, 6.45) is -4.26. The van der Waals surface area contributed by atoms with Crippen LogP contribution in [0.2, 0.25) is 18.1 Å². The lowest BCUT2D eigenvalue weighted by Crippen LogP contribution is -2.81. The van der Waals surface area contributed by atoms with Crippen LogP contribution in [0.3, 0.4) is 0 Å². The highest BCUT2D eigenvalue weighted by Gasteiger charge is 2.78. The molecule has 2 N–H and O–H groups in total. The first-order valence-corrected chi connectivity index (χ1v) is 35.5. The van der Waals surface area contributed by atoms with E-state index in [9.17, 15) is 33.9 Å². The Bertz CT molecular complexity index is 3040. The van der Waals surface area contributed by atoms with Crippen molar-refractivity contribution in [1.29, 1.82) is 0 Å². The first-order chi connectivity index (χ1) is 41.1. The Morgan fingerprint density at radius 1 is 0.805 bits per heavy atom. The highest BCUT2D eigenvalue weighted by atomic mass is 33.1. The Labute approximate surface area is 519 Å². The zero-order valence-electron chi connectivity index (χ0n) is 51.8. The summed E-state index contributed by atoms with van der Waals surface area (Å²) in [5.41, 5.74) is -5.75. The molecule has 0 aromatic heterocycles. The van der Waals surface area contributed by atoms with E-state index < -0.39 is 145 Å². The number of carbonyl (C=O) groups is 8. The molecule has 472 valence electrons. The number of fused-ring (bicyclic) bond motifs is 5. The van der Waals surface area contributed by atoms with Gasteiger partial charge in [-0.25, -0.2) is 9.59 Å². The number of unbranched alkanes of at least 4 members (excludes halogenated alkanes) is 1. The Hall–Kier alpha value is -5.84. The summed E-state index contributed by atoms with van der Waals surface area (Å²) < 4.78 is 49.7. The normalized spacial score (nSPS) is 28.1. The van der Waals surface area contributed by atoms with E-state index in [1.54, 1.807) is 107 Å². The lowest BCUT2D eigenvalue weighted by molar-refractivity contribution is -0.346. The predicted molar refractivity (Wildman–Crippen MR) is 329 cm³/mol. The third-order valence-electron chi connectivity index (χ3n) is 19.1. The summed E-state index contributed by atoms with van der Waals surface area (Å²) >= 11 is 0. The Morgan fingerprint density at radius 3 is 1.98 bits per heavy atom. The van der Waals surface area contributed by atoms with Crippen molar-refractivity contribution in [3.8, 4) is 0 Å². The van der Waals surface area contributed by atoms with Gasteiger partial charge in [-0.1, -0.05) is 136 Å². The second-order valence-electron chi connectivity index (χ2n) is 26.0. The molecule has 2 saturated carbocycles. The van der Waals surface area contributed by atoms with Gasteiger partial charge in [0.15, 0.2) is 20.0 Å². The smallest absolute Gasteiger partial charge is 0.338 e. The second kappa shape index (κ2) is 27.5. The fourth-order valence-corrected chi connectivity index (χ4v) is 17.5. The van der Waals surface area contributed by atoms with Gasteiger partial charge in [0.25, 0.3) is 5.91 Å². The van der Waals surface area contributed by atoms with Gasteiger partial charge in [-0.15, -0.1) is 0 Å². The molecular weight excluding hydrogens is 1170 g/mol. The minimum absolute atomic E-state index is 0.0394. The standard InChI is InChI=1S/C66H85NO17S2Si/c1-40-47(80-61(75)55(84-87(10,11)62(4,5)6)54(43-24-15-12-16-25-43)67-59(73)44-26-17-13-18-27-44)37-66(76)58(82-60(74)45-28-19-14-20-29-45)56-64(9,57(72)41(2)53(40)63(66,7)8)48(36-49-65(56,38-77-49)83-42(3)68)81-52(71)33-23-32-51(70)79-39-78-50(69)31-22-21-30-46-34-35-85-86-46/h12-20,24-29,41,46-49,54-56,58,76H,21-23,30-39H2,1-11H3,(H,67,73)/t41-,46?,47+,48+,49?,54+,55-,56+,58+,64-,65+,66-/m1/s1. The van der Waals surface area contributed by atoms with Crippen molar-refractivity contribution >= 4 is 77.4 Å². The van der Waals surface area contributed by atoms with Gasteiger partial charge in [-0.2, -0.15) is 0 Å². The molecule has 5 aliphatic rings. The molecule has 0 spiro atoms. The molecule has 3 aromatic carbocycles. The van der Waals surface area contributed by atoms with Crippen LogP contribution in [0.5, 0.6) is 0 Å². The van der Waals surface area contributed by atoms with E-state index in [4.69, 9.17) is 37.6 Å². The van der Waals surface area contributed by atoms with E-state index in [-0.39, 0.29) is 44.3 Å². The number of benzene rings is 3. The van der Waals surface area contributed by atoms with Gasteiger partial charge in [-0.3, -0.25) is 28.8 Å². The third-order valence-corrected chi connectivity index (χ3v) is 26.5. The number of hydrogen-bond acceptors (Lipinski definition) is 19. The summed E-state index contributed by atoms with van der Waals surface area (Å²) in [4.78, 5) is 114. The van der Waals surface area contributed by atoms with Crippen molar-refractivity contribution < 1.29 is 81.0 Å². The Balaban J connectivity index is 1.14. The number of rotatable bonds is 23. The monoisotopic (exact) mass is 1260 g/mol. The molecule has 1 amide bonds. The maximum absolute atomic E-state index is 16.3.